The van der Waals surface area contributed by atoms with Gasteiger partial charge in [0.1, 0.15) is 0 Å². The van der Waals surface area contributed by atoms with Gasteiger partial charge in [-0.15, -0.1) is 0 Å². The van der Waals surface area contributed by atoms with Crippen LogP contribution in [0.1, 0.15) is 50.6 Å². The van der Waals surface area contributed by atoms with E-state index in [-0.39, 0.29) is 5.91 Å². The van der Waals surface area contributed by atoms with Crippen LogP contribution in [0.5, 0.6) is 0 Å². The van der Waals surface area contributed by atoms with Gasteiger partial charge < -0.3 is 10.6 Å². The molecule has 19 heavy (non-hydrogen) atoms. The van der Waals surface area contributed by atoms with E-state index in [1.54, 1.807) is 0 Å². The fourth-order valence-corrected chi connectivity index (χ4v) is 2.24. The summed E-state index contributed by atoms with van der Waals surface area (Å²) in [5.41, 5.74) is 1.33. The van der Waals surface area contributed by atoms with Crippen molar-refractivity contribution in [2.24, 2.45) is 0 Å². The molecule has 104 valence electrons. The van der Waals surface area contributed by atoms with Crippen molar-refractivity contribution in [3.05, 3.63) is 35.9 Å². The monoisotopic (exact) mass is 260 g/mol. The summed E-state index contributed by atoms with van der Waals surface area (Å²) in [5, 5.41) is 6.55. The van der Waals surface area contributed by atoms with Gasteiger partial charge in [0.05, 0.1) is 0 Å². The molecule has 1 saturated carbocycles. The molecule has 0 spiro atoms. The number of carbonyl (C=O) groups excluding carboxylic acids is 1. The Hall–Kier alpha value is -1.35. The second-order valence-electron chi connectivity index (χ2n) is 5.27. The van der Waals surface area contributed by atoms with Gasteiger partial charge in [-0.1, -0.05) is 37.3 Å². The van der Waals surface area contributed by atoms with E-state index in [4.69, 9.17) is 0 Å². The lowest BCUT2D eigenvalue weighted by Gasteiger charge is -2.17. The molecule has 0 bridgehead atoms. The molecule has 0 aliphatic heterocycles. The van der Waals surface area contributed by atoms with Crippen LogP contribution in [0.4, 0.5) is 0 Å². The first kappa shape index (κ1) is 14.1. The molecule has 3 nitrogen and oxygen atoms in total. The lowest BCUT2D eigenvalue weighted by molar-refractivity contribution is -0.121. The number of hydrogen-bond donors (Lipinski definition) is 2. The molecule has 2 N–H and O–H groups in total. The van der Waals surface area contributed by atoms with Crippen molar-refractivity contribution in [2.45, 2.75) is 51.1 Å². The van der Waals surface area contributed by atoms with E-state index in [2.05, 4.69) is 41.8 Å². The maximum Gasteiger partial charge on any atom is 0.220 e. The Bertz CT molecular complexity index is 387. The average Bonchev–Trinajstić information content (AvgIpc) is 3.24. The summed E-state index contributed by atoms with van der Waals surface area (Å²) in [6.07, 6.45) is 4.93. The molecule has 1 fully saturated rings. The summed E-state index contributed by atoms with van der Waals surface area (Å²) in [4.78, 5) is 11.5. The molecule has 1 aliphatic rings. The van der Waals surface area contributed by atoms with Crippen LogP contribution in [-0.4, -0.2) is 18.5 Å². The minimum absolute atomic E-state index is 0.206. The summed E-state index contributed by atoms with van der Waals surface area (Å²) in [6, 6.07) is 11.4. The standard InChI is InChI=1S/C16H24N2O/c1-2-15(13-7-4-3-5-8-13)17-12-6-9-16(19)18-14-10-11-14/h3-5,7-8,14-15,17H,2,6,9-12H2,1H3,(H,18,19). The highest BCUT2D eigenvalue weighted by molar-refractivity contribution is 5.76. The number of nitrogens with one attached hydrogen (secondary N) is 2. The van der Waals surface area contributed by atoms with E-state index in [1.807, 2.05) is 6.07 Å². The molecule has 0 radical (unpaired) electrons. The van der Waals surface area contributed by atoms with Gasteiger partial charge in [0.25, 0.3) is 0 Å². The maximum atomic E-state index is 11.5. The minimum atomic E-state index is 0.206. The van der Waals surface area contributed by atoms with Crippen molar-refractivity contribution in [1.82, 2.24) is 10.6 Å². The quantitative estimate of drug-likeness (QED) is 0.706. The molecule has 1 amide bonds. The topological polar surface area (TPSA) is 41.1 Å². The van der Waals surface area contributed by atoms with Crippen molar-refractivity contribution < 1.29 is 4.79 Å². The van der Waals surface area contributed by atoms with Gasteiger partial charge in [-0.25, -0.2) is 0 Å². The zero-order chi connectivity index (χ0) is 13.5. The van der Waals surface area contributed by atoms with E-state index < -0.39 is 0 Å². The van der Waals surface area contributed by atoms with E-state index in [0.29, 0.717) is 18.5 Å². The lowest BCUT2D eigenvalue weighted by Crippen LogP contribution is -2.27. The smallest absolute Gasteiger partial charge is 0.220 e. The van der Waals surface area contributed by atoms with Crippen molar-refractivity contribution in [3.8, 4) is 0 Å². The van der Waals surface area contributed by atoms with Crippen molar-refractivity contribution in [1.29, 1.82) is 0 Å². The molecule has 3 heteroatoms. The minimum Gasteiger partial charge on any atom is -0.353 e. The zero-order valence-corrected chi connectivity index (χ0v) is 11.7. The SMILES string of the molecule is CCC(NCCCC(=O)NC1CC1)c1ccccc1. The van der Waals surface area contributed by atoms with E-state index in [0.717, 1.165) is 32.2 Å². The van der Waals surface area contributed by atoms with E-state index in [1.165, 1.54) is 5.56 Å². The Kier molecular flexibility index (Phi) is 5.40. The van der Waals surface area contributed by atoms with Crippen molar-refractivity contribution in [2.75, 3.05) is 6.54 Å². The first-order chi connectivity index (χ1) is 9.29. The predicted octanol–water partition coefficient (Wildman–Crippen LogP) is 2.79. The molecule has 0 saturated heterocycles. The molecule has 1 aromatic rings. The number of carbonyl (C=O) groups is 1. The highest BCUT2D eigenvalue weighted by atomic mass is 16.1. The van der Waals surface area contributed by atoms with Gasteiger partial charge in [0.2, 0.25) is 5.91 Å². The van der Waals surface area contributed by atoms with Gasteiger partial charge in [-0.2, -0.15) is 0 Å². The van der Waals surface area contributed by atoms with Crippen LogP contribution in [0, 0.1) is 0 Å². The maximum absolute atomic E-state index is 11.5. The normalized spacial score (nSPS) is 16.1. The Balaban J connectivity index is 1.64. The molecule has 0 aromatic heterocycles. The van der Waals surface area contributed by atoms with E-state index in [9.17, 15) is 4.79 Å². The Morgan fingerprint density at radius 1 is 1.32 bits per heavy atom. The second-order valence-corrected chi connectivity index (χ2v) is 5.27. The summed E-state index contributed by atoms with van der Waals surface area (Å²) in [7, 11) is 0. The van der Waals surface area contributed by atoms with Crippen LogP contribution < -0.4 is 10.6 Å². The predicted molar refractivity (Wildman–Crippen MR) is 77.9 cm³/mol. The number of benzene rings is 1. The van der Waals surface area contributed by atoms with Gasteiger partial charge in [0.15, 0.2) is 0 Å². The van der Waals surface area contributed by atoms with Gasteiger partial charge in [0, 0.05) is 18.5 Å². The molecule has 1 aliphatic carbocycles. The van der Waals surface area contributed by atoms with E-state index >= 15 is 0 Å². The number of hydrogen-bond acceptors (Lipinski definition) is 2. The first-order valence-corrected chi connectivity index (χ1v) is 7.37. The summed E-state index contributed by atoms with van der Waals surface area (Å²) in [6.45, 7) is 3.08. The van der Waals surface area contributed by atoms with Crippen LogP contribution >= 0.6 is 0 Å². The summed E-state index contributed by atoms with van der Waals surface area (Å²) >= 11 is 0. The van der Waals surface area contributed by atoms with Crippen LogP contribution in [0.3, 0.4) is 0 Å². The fraction of sp³-hybridized carbons (Fsp3) is 0.562. The Morgan fingerprint density at radius 3 is 2.68 bits per heavy atom. The van der Waals surface area contributed by atoms with Gasteiger partial charge in [-0.05, 0) is 37.8 Å². The van der Waals surface area contributed by atoms with Gasteiger partial charge in [-0.3, -0.25) is 4.79 Å². The highest BCUT2D eigenvalue weighted by Gasteiger charge is 2.22. The van der Waals surface area contributed by atoms with Gasteiger partial charge >= 0.3 is 0 Å². The number of rotatable bonds is 8. The first-order valence-electron chi connectivity index (χ1n) is 7.37. The summed E-state index contributed by atoms with van der Waals surface area (Å²) < 4.78 is 0. The third-order valence-corrected chi connectivity index (χ3v) is 3.52. The Morgan fingerprint density at radius 2 is 2.05 bits per heavy atom. The third kappa shape index (κ3) is 5.03. The highest BCUT2D eigenvalue weighted by Crippen LogP contribution is 2.19. The Labute approximate surface area is 115 Å². The molecular weight excluding hydrogens is 236 g/mol. The molecule has 0 heterocycles. The molecular formula is C16H24N2O. The largest absolute Gasteiger partial charge is 0.353 e. The zero-order valence-electron chi connectivity index (χ0n) is 11.7. The molecule has 1 atom stereocenters. The summed E-state index contributed by atoms with van der Waals surface area (Å²) in [5.74, 6) is 0.206. The van der Waals surface area contributed by atoms with Crippen LogP contribution in [0.15, 0.2) is 30.3 Å². The second kappa shape index (κ2) is 7.29. The number of amides is 1. The average molecular weight is 260 g/mol. The third-order valence-electron chi connectivity index (χ3n) is 3.52. The molecule has 1 aromatic carbocycles. The molecule has 2 rings (SSSR count). The fourth-order valence-electron chi connectivity index (χ4n) is 2.24. The van der Waals surface area contributed by atoms with Crippen LogP contribution in [0.2, 0.25) is 0 Å². The van der Waals surface area contributed by atoms with Crippen molar-refractivity contribution >= 4 is 5.91 Å². The van der Waals surface area contributed by atoms with Crippen LogP contribution in [0.25, 0.3) is 0 Å². The lowest BCUT2D eigenvalue weighted by atomic mass is 10.0. The van der Waals surface area contributed by atoms with Crippen molar-refractivity contribution in [3.63, 3.8) is 0 Å². The molecule has 1 unspecified atom stereocenters. The van der Waals surface area contributed by atoms with Crippen LogP contribution in [-0.2, 0) is 4.79 Å².